The van der Waals surface area contributed by atoms with Crippen LogP contribution in [0.25, 0.3) is 0 Å². The lowest BCUT2D eigenvalue weighted by molar-refractivity contribution is -0.270. The van der Waals surface area contributed by atoms with Crippen LogP contribution in [-0.4, -0.2) is 65.7 Å². The van der Waals surface area contributed by atoms with Crippen LogP contribution in [0.1, 0.15) is 0 Å². The van der Waals surface area contributed by atoms with Crippen molar-refractivity contribution < 1.29 is 24.8 Å². The van der Waals surface area contributed by atoms with Crippen LogP contribution in [0.3, 0.4) is 0 Å². The van der Waals surface area contributed by atoms with E-state index in [0.29, 0.717) is 0 Å². The van der Waals surface area contributed by atoms with Crippen LogP contribution in [0.2, 0.25) is 0 Å². The van der Waals surface area contributed by atoms with Gasteiger partial charge in [-0.3, -0.25) is 0 Å². The minimum atomic E-state index is -1.28. The highest BCUT2D eigenvalue weighted by Gasteiger charge is 2.38. The fourth-order valence-corrected chi connectivity index (χ4v) is 1.21. The van der Waals surface area contributed by atoms with Crippen LogP contribution in [0.15, 0.2) is 0 Å². The highest BCUT2D eigenvalue weighted by atomic mass is 16.7. The summed E-state index contributed by atoms with van der Waals surface area (Å²) in [6, 6.07) is -0.343. The molecule has 1 heterocycles. The molecule has 1 rings (SSSR count). The molecule has 7 nitrogen and oxygen atoms in total. The molecule has 0 radical (unpaired) electrons. The number of hydrogen-bond donors (Lipinski definition) is 5. The molecule has 0 bridgehead atoms. The molecule has 7 heteroatoms. The molecule has 0 aromatic carbocycles. The van der Waals surface area contributed by atoms with Gasteiger partial charge in [-0.05, 0) is 0 Å². The van der Waals surface area contributed by atoms with Gasteiger partial charge in [-0.1, -0.05) is 0 Å². The van der Waals surface area contributed by atoms with Crippen LogP contribution in [-0.2, 0) is 9.47 Å². The molecule has 1 aliphatic heterocycles. The SMILES string of the molecule is NC[C@H](N)CO[C@@H]1OC[C@@H](O)[C@H](O)[C@H]1O. The molecule has 90 valence electrons. The normalized spacial score (nSPS) is 39.0. The molecule has 0 saturated carbocycles. The second kappa shape index (κ2) is 5.71. The van der Waals surface area contributed by atoms with E-state index in [1.807, 2.05) is 0 Å². The van der Waals surface area contributed by atoms with Crippen LogP contribution in [0.4, 0.5) is 0 Å². The highest BCUT2D eigenvalue weighted by molar-refractivity contribution is 4.82. The van der Waals surface area contributed by atoms with Gasteiger partial charge >= 0.3 is 0 Å². The fourth-order valence-electron chi connectivity index (χ4n) is 1.21. The molecule has 15 heavy (non-hydrogen) atoms. The van der Waals surface area contributed by atoms with E-state index in [4.69, 9.17) is 26.0 Å². The number of ether oxygens (including phenoxy) is 2. The van der Waals surface area contributed by atoms with Crippen molar-refractivity contribution in [2.75, 3.05) is 19.8 Å². The first-order valence-corrected chi connectivity index (χ1v) is 4.79. The minimum absolute atomic E-state index is 0.0826. The lowest BCUT2D eigenvalue weighted by atomic mass is 10.1. The first-order valence-electron chi connectivity index (χ1n) is 4.79. The van der Waals surface area contributed by atoms with Gasteiger partial charge in [0.25, 0.3) is 0 Å². The predicted molar refractivity (Wildman–Crippen MR) is 50.7 cm³/mol. The molecule has 1 saturated heterocycles. The molecule has 0 aromatic heterocycles. The Hall–Kier alpha value is -0.280. The minimum Gasteiger partial charge on any atom is -0.388 e. The number of aliphatic hydroxyl groups excluding tert-OH is 3. The monoisotopic (exact) mass is 222 g/mol. The Labute approximate surface area is 87.6 Å². The van der Waals surface area contributed by atoms with Crippen molar-refractivity contribution in [1.29, 1.82) is 0 Å². The maximum Gasteiger partial charge on any atom is 0.186 e. The van der Waals surface area contributed by atoms with Crippen molar-refractivity contribution in [1.82, 2.24) is 0 Å². The van der Waals surface area contributed by atoms with Crippen molar-refractivity contribution in [3.8, 4) is 0 Å². The topological polar surface area (TPSA) is 131 Å². The summed E-state index contributed by atoms with van der Waals surface area (Å²) in [4.78, 5) is 0. The standard InChI is InChI=1S/C8H18N2O5/c9-1-4(10)2-14-8-7(13)6(12)5(11)3-15-8/h4-8,11-13H,1-3,9-10H2/t4-,5+,6-,7+,8+/m0/s1. The second-order valence-corrected chi connectivity index (χ2v) is 3.58. The molecule has 5 atom stereocenters. The predicted octanol–water partition coefficient (Wildman–Crippen LogP) is -3.27. The summed E-state index contributed by atoms with van der Waals surface area (Å²) in [6.45, 7) is 0.301. The van der Waals surface area contributed by atoms with Gasteiger partial charge in [0.2, 0.25) is 0 Å². The van der Waals surface area contributed by atoms with Gasteiger partial charge in [0.1, 0.15) is 18.3 Å². The van der Waals surface area contributed by atoms with Gasteiger partial charge < -0.3 is 36.3 Å². The van der Waals surface area contributed by atoms with Crippen molar-refractivity contribution in [3.05, 3.63) is 0 Å². The van der Waals surface area contributed by atoms with E-state index in [-0.39, 0.29) is 25.8 Å². The van der Waals surface area contributed by atoms with E-state index >= 15 is 0 Å². The molecule has 0 unspecified atom stereocenters. The third-order valence-corrected chi connectivity index (χ3v) is 2.23. The summed E-state index contributed by atoms with van der Waals surface area (Å²) in [5.74, 6) is 0. The maximum atomic E-state index is 9.46. The molecule has 1 fully saturated rings. The van der Waals surface area contributed by atoms with Crippen molar-refractivity contribution in [3.63, 3.8) is 0 Å². The van der Waals surface area contributed by atoms with E-state index < -0.39 is 24.6 Å². The van der Waals surface area contributed by atoms with Crippen LogP contribution in [0, 0.1) is 0 Å². The van der Waals surface area contributed by atoms with Crippen molar-refractivity contribution in [2.45, 2.75) is 30.6 Å². The maximum absolute atomic E-state index is 9.46. The van der Waals surface area contributed by atoms with Crippen molar-refractivity contribution in [2.24, 2.45) is 11.5 Å². The Kier molecular flexibility index (Phi) is 4.87. The zero-order valence-corrected chi connectivity index (χ0v) is 8.32. The zero-order chi connectivity index (χ0) is 11.4. The highest BCUT2D eigenvalue weighted by Crippen LogP contribution is 2.16. The Morgan fingerprint density at radius 3 is 2.60 bits per heavy atom. The van der Waals surface area contributed by atoms with Gasteiger partial charge in [-0.15, -0.1) is 0 Å². The molecule has 0 aromatic rings. The molecule has 7 N–H and O–H groups in total. The summed E-state index contributed by atoms with van der Waals surface area (Å²) in [5, 5.41) is 27.9. The fraction of sp³-hybridized carbons (Fsp3) is 1.00. The summed E-state index contributed by atoms with van der Waals surface area (Å²) in [5.41, 5.74) is 10.8. The van der Waals surface area contributed by atoms with E-state index in [0.717, 1.165) is 0 Å². The third-order valence-electron chi connectivity index (χ3n) is 2.23. The second-order valence-electron chi connectivity index (χ2n) is 3.58. The summed E-state index contributed by atoms with van der Waals surface area (Å²) in [7, 11) is 0. The molecule has 0 amide bonds. The van der Waals surface area contributed by atoms with E-state index in [2.05, 4.69) is 0 Å². The van der Waals surface area contributed by atoms with Gasteiger partial charge in [-0.25, -0.2) is 0 Å². The van der Waals surface area contributed by atoms with E-state index in [1.165, 1.54) is 0 Å². The van der Waals surface area contributed by atoms with E-state index in [1.54, 1.807) is 0 Å². The molecule has 0 spiro atoms. The van der Waals surface area contributed by atoms with Gasteiger partial charge in [0.05, 0.1) is 13.2 Å². The quantitative estimate of drug-likeness (QED) is 0.337. The van der Waals surface area contributed by atoms with Crippen LogP contribution < -0.4 is 11.5 Å². The summed E-state index contributed by atoms with van der Waals surface area (Å²) < 4.78 is 10.1. The molecular formula is C8H18N2O5. The molecular weight excluding hydrogens is 204 g/mol. The number of rotatable bonds is 4. The Morgan fingerprint density at radius 1 is 1.33 bits per heavy atom. The van der Waals surface area contributed by atoms with Gasteiger partial charge in [0, 0.05) is 12.6 Å². The zero-order valence-electron chi connectivity index (χ0n) is 8.32. The lowest BCUT2D eigenvalue weighted by Gasteiger charge is -2.35. The smallest absolute Gasteiger partial charge is 0.186 e. The largest absolute Gasteiger partial charge is 0.388 e. The summed E-state index contributed by atoms with van der Waals surface area (Å²) >= 11 is 0. The first-order chi connectivity index (χ1) is 7.06. The number of hydrogen-bond acceptors (Lipinski definition) is 7. The Balaban J connectivity index is 2.36. The average Bonchev–Trinajstić information content (AvgIpc) is 2.24. The Morgan fingerprint density at radius 2 is 2.00 bits per heavy atom. The van der Waals surface area contributed by atoms with Crippen LogP contribution in [0.5, 0.6) is 0 Å². The van der Waals surface area contributed by atoms with Crippen molar-refractivity contribution >= 4 is 0 Å². The molecule has 0 aliphatic carbocycles. The lowest BCUT2D eigenvalue weighted by Crippen LogP contribution is -2.54. The number of aliphatic hydroxyl groups is 3. The van der Waals surface area contributed by atoms with Gasteiger partial charge in [0.15, 0.2) is 6.29 Å². The van der Waals surface area contributed by atoms with Crippen LogP contribution >= 0.6 is 0 Å². The number of nitrogens with two attached hydrogens (primary N) is 2. The third kappa shape index (κ3) is 3.35. The molecule has 1 aliphatic rings. The first kappa shape index (κ1) is 12.8. The van der Waals surface area contributed by atoms with E-state index in [9.17, 15) is 10.2 Å². The summed E-state index contributed by atoms with van der Waals surface area (Å²) in [6.07, 6.45) is -4.61. The van der Waals surface area contributed by atoms with Gasteiger partial charge in [-0.2, -0.15) is 0 Å². The Bertz CT molecular complexity index is 194. The average molecular weight is 222 g/mol.